The molecular weight excluding hydrogens is 500 g/mol. The molecule has 0 heterocycles. The quantitative estimate of drug-likeness (QED) is 0.143. The number of phenols is 1. The van der Waals surface area contributed by atoms with Crippen LogP contribution in [-0.2, 0) is 35.1 Å². The van der Waals surface area contributed by atoms with Crippen LogP contribution >= 0.6 is 0 Å². The van der Waals surface area contributed by atoms with E-state index >= 15 is 0 Å². The second-order valence-corrected chi connectivity index (χ2v) is 8.54. The Hall–Kier alpha value is -4.45. The molecule has 0 bridgehead atoms. The minimum absolute atomic E-state index is 0.0553. The molecule has 0 saturated heterocycles. The Morgan fingerprint density at radius 3 is 2.21 bits per heavy atom. The largest absolute Gasteiger partial charge is 0.505 e. The van der Waals surface area contributed by atoms with Crippen LogP contribution in [0.25, 0.3) is 0 Å². The van der Waals surface area contributed by atoms with Crippen molar-refractivity contribution in [3.63, 3.8) is 0 Å². The van der Waals surface area contributed by atoms with E-state index in [1.54, 1.807) is 30.3 Å². The highest BCUT2D eigenvalue weighted by Gasteiger charge is 2.37. The van der Waals surface area contributed by atoms with Gasteiger partial charge in [-0.2, -0.15) is 0 Å². The average molecular weight is 531 g/mol. The zero-order chi connectivity index (χ0) is 28.4. The maximum atomic E-state index is 12.9. The van der Waals surface area contributed by atoms with Crippen molar-refractivity contribution in [1.29, 1.82) is 0 Å². The van der Waals surface area contributed by atoms with Crippen molar-refractivity contribution in [3.05, 3.63) is 59.7 Å². The molecule has 0 saturated carbocycles. The third-order valence-corrected chi connectivity index (χ3v) is 5.62. The van der Waals surface area contributed by atoms with Crippen LogP contribution in [0.15, 0.2) is 48.5 Å². The van der Waals surface area contributed by atoms with Gasteiger partial charge in [-0.3, -0.25) is 19.2 Å². The molecule has 2 rings (SSSR count). The van der Waals surface area contributed by atoms with Gasteiger partial charge >= 0.3 is 17.9 Å². The van der Waals surface area contributed by atoms with Gasteiger partial charge in [-0.1, -0.05) is 36.4 Å². The Morgan fingerprint density at radius 1 is 0.974 bits per heavy atom. The smallest absolute Gasteiger partial charge is 0.331 e. The second-order valence-electron chi connectivity index (χ2n) is 8.54. The predicted molar refractivity (Wildman–Crippen MR) is 133 cm³/mol. The number of nitrogens with one attached hydrogen (secondary N) is 2. The summed E-state index contributed by atoms with van der Waals surface area (Å²) in [6.45, 7) is 3.81. The summed E-state index contributed by atoms with van der Waals surface area (Å²) in [6, 6.07) is 10.9. The normalized spacial score (nSPS) is 14.6. The number of esters is 2. The molecule has 0 radical (unpaired) electrons. The third-order valence-electron chi connectivity index (χ3n) is 5.62. The van der Waals surface area contributed by atoms with E-state index in [4.69, 9.17) is 9.47 Å². The van der Waals surface area contributed by atoms with Crippen molar-refractivity contribution >= 4 is 35.9 Å². The van der Waals surface area contributed by atoms with Gasteiger partial charge in [0.25, 0.3) is 5.91 Å². The molecule has 204 valence electrons. The van der Waals surface area contributed by atoms with E-state index in [9.17, 15) is 39.3 Å². The monoisotopic (exact) mass is 530 g/mol. The first kappa shape index (κ1) is 29.8. The molecule has 0 aliphatic carbocycles. The molecule has 0 spiro atoms. The van der Waals surface area contributed by atoms with Crippen molar-refractivity contribution < 1.29 is 48.8 Å². The average Bonchev–Trinajstić information content (AvgIpc) is 2.86. The fraction of sp³-hybridized carbons (Fsp3) is 0.346. The number of aliphatic carboxylic acids is 1. The lowest BCUT2D eigenvalue weighted by Gasteiger charge is -2.29. The predicted octanol–water partition coefficient (Wildman–Crippen LogP) is 1.25. The van der Waals surface area contributed by atoms with Crippen molar-refractivity contribution in [2.24, 2.45) is 5.92 Å². The summed E-state index contributed by atoms with van der Waals surface area (Å²) in [4.78, 5) is 60.4. The Labute approximate surface area is 218 Å². The molecule has 4 unspecified atom stereocenters. The summed E-state index contributed by atoms with van der Waals surface area (Å²) in [5.41, 5.74) is 0.284. The summed E-state index contributed by atoms with van der Waals surface area (Å²) in [6.07, 6.45) is -3.96. The molecule has 2 aromatic rings. The van der Waals surface area contributed by atoms with E-state index in [2.05, 4.69) is 10.6 Å². The highest BCUT2D eigenvalue weighted by atomic mass is 16.6. The van der Waals surface area contributed by atoms with Gasteiger partial charge in [0.05, 0.1) is 29.7 Å². The number of hydrogen-bond donors (Lipinski definition) is 5. The molecular formula is C26H30N2O10. The third kappa shape index (κ3) is 8.03. The molecule has 2 amide bonds. The van der Waals surface area contributed by atoms with E-state index in [1.165, 1.54) is 39.0 Å². The molecule has 0 aliphatic rings. The first-order valence-corrected chi connectivity index (χ1v) is 11.6. The molecule has 0 aliphatic heterocycles. The number of aliphatic hydroxyl groups excluding tert-OH is 1. The zero-order valence-electron chi connectivity index (χ0n) is 21.0. The van der Waals surface area contributed by atoms with Crippen LogP contribution in [0.2, 0.25) is 0 Å². The number of anilines is 1. The molecule has 0 fully saturated rings. The summed E-state index contributed by atoms with van der Waals surface area (Å²) < 4.78 is 10.7. The SMILES string of the molecule is CC(OC(=O)[C@@H](NC(=O)c1cccc(NC=O)c1O)C(C)O)C(OC(=O)Cc1ccccc1)C(C)C(=O)O. The summed E-state index contributed by atoms with van der Waals surface area (Å²) in [7, 11) is 0. The Balaban J connectivity index is 2.17. The standard InChI is InChI=1S/C26H30N2O10/c1-14(25(34)35)23(38-20(31)12-17-8-5-4-6-9-17)16(3)37-26(36)21(15(2)30)28-24(33)18-10-7-11-19(22(18)32)27-13-29/h4-11,13-16,21,23,30,32H,12H2,1-3H3,(H,27,29)(H,28,33)(H,34,35)/t14?,15?,16?,21-,23?/m0/s1. The molecule has 12 heteroatoms. The van der Waals surface area contributed by atoms with E-state index in [1.807, 2.05) is 0 Å². The summed E-state index contributed by atoms with van der Waals surface area (Å²) in [5.74, 6) is -5.96. The molecule has 5 N–H and O–H groups in total. The minimum Gasteiger partial charge on any atom is -0.505 e. The van der Waals surface area contributed by atoms with Gasteiger partial charge in [0.1, 0.15) is 6.10 Å². The van der Waals surface area contributed by atoms with Gasteiger partial charge in [0.2, 0.25) is 6.41 Å². The molecule has 5 atom stereocenters. The van der Waals surface area contributed by atoms with E-state index in [0.717, 1.165) is 0 Å². The van der Waals surface area contributed by atoms with Gasteiger partial charge in [-0.25, -0.2) is 4.79 Å². The van der Waals surface area contributed by atoms with Crippen molar-refractivity contribution in [2.75, 3.05) is 5.32 Å². The Morgan fingerprint density at radius 2 is 1.63 bits per heavy atom. The van der Waals surface area contributed by atoms with Crippen molar-refractivity contribution in [2.45, 2.75) is 51.5 Å². The van der Waals surface area contributed by atoms with Crippen molar-refractivity contribution in [3.8, 4) is 5.75 Å². The lowest BCUT2D eigenvalue weighted by atomic mass is 10.00. The van der Waals surface area contributed by atoms with Gasteiger partial charge in [0, 0.05) is 0 Å². The lowest BCUT2D eigenvalue weighted by molar-refractivity contribution is -0.177. The van der Waals surface area contributed by atoms with Crippen LogP contribution in [-0.4, -0.2) is 69.9 Å². The fourth-order valence-corrected chi connectivity index (χ4v) is 3.53. The topological polar surface area (TPSA) is 189 Å². The van der Waals surface area contributed by atoms with Crippen LogP contribution in [0.3, 0.4) is 0 Å². The van der Waals surface area contributed by atoms with E-state index in [-0.39, 0.29) is 17.7 Å². The number of aliphatic hydroxyl groups is 1. The van der Waals surface area contributed by atoms with Gasteiger partial charge in [0.15, 0.2) is 17.9 Å². The number of phenolic OH excluding ortho intramolecular Hbond substituents is 1. The number of benzene rings is 2. The van der Waals surface area contributed by atoms with E-state index in [0.29, 0.717) is 12.0 Å². The first-order valence-electron chi connectivity index (χ1n) is 11.6. The number of amides is 2. The lowest BCUT2D eigenvalue weighted by Crippen LogP contribution is -2.51. The van der Waals surface area contributed by atoms with E-state index < -0.39 is 59.8 Å². The number of rotatable bonds is 13. The number of carboxylic acid groups (broad SMARTS) is 1. The molecule has 38 heavy (non-hydrogen) atoms. The van der Waals surface area contributed by atoms with Gasteiger partial charge in [-0.15, -0.1) is 0 Å². The fourth-order valence-electron chi connectivity index (χ4n) is 3.53. The maximum Gasteiger partial charge on any atom is 0.331 e. The second kappa shape index (κ2) is 13.7. The number of carbonyl (C=O) groups excluding carboxylic acids is 4. The molecule has 12 nitrogen and oxygen atoms in total. The Kier molecular flexibility index (Phi) is 10.8. The number of carbonyl (C=O) groups is 5. The van der Waals surface area contributed by atoms with Gasteiger partial charge in [-0.05, 0) is 38.5 Å². The van der Waals surface area contributed by atoms with Crippen molar-refractivity contribution in [1.82, 2.24) is 5.32 Å². The highest BCUT2D eigenvalue weighted by molar-refractivity contribution is 6.01. The number of aromatic hydroxyl groups is 1. The Bertz CT molecular complexity index is 1150. The number of carboxylic acids is 1. The van der Waals surface area contributed by atoms with Crippen LogP contribution < -0.4 is 10.6 Å². The maximum absolute atomic E-state index is 12.9. The zero-order valence-corrected chi connectivity index (χ0v) is 21.0. The van der Waals surface area contributed by atoms with Gasteiger partial charge < -0.3 is 35.4 Å². The highest BCUT2D eigenvalue weighted by Crippen LogP contribution is 2.27. The van der Waals surface area contributed by atoms with Crippen LogP contribution in [0.5, 0.6) is 5.75 Å². The number of para-hydroxylation sites is 1. The van der Waals surface area contributed by atoms with Crippen LogP contribution in [0, 0.1) is 5.92 Å². The summed E-state index contributed by atoms with van der Waals surface area (Å²) in [5, 5.41) is 34.3. The number of ether oxygens (including phenoxy) is 2. The summed E-state index contributed by atoms with van der Waals surface area (Å²) >= 11 is 0. The molecule has 0 aromatic heterocycles. The van der Waals surface area contributed by atoms with Crippen LogP contribution in [0.1, 0.15) is 36.7 Å². The molecule has 2 aromatic carbocycles. The minimum atomic E-state index is -1.63. The number of hydrogen-bond acceptors (Lipinski definition) is 9. The first-order chi connectivity index (χ1) is 18.0. The van der Waals surface area contributed by atoms with Crippen LogP contribution in [0.4, 0.5) is 5.69 Å².